The van der Waals surface area contributed by atoms with Crippen LogP contribution in [0.5, 0.6) is 5.75 Å². The molecule has 1 aromatic heterocycles. The number of benzene rings is 1. The molecule has 3 rings (SSSR count). The van der Waals surface area contributed by atoms with Crippen LogP contribution in [0.1, 0.15) is 27.2 Å². The van der Waals surface area contributed by atoms with Crippen LogP contribution in [0.4, 0.5) is 10.7 Å². The molecule has 0 saturated carbocycles. The van der Waals surface area contributed by atoms with Gasteiger partial charge in [-0.25, -0.2) is 4.79 Å². The number of carbonyl (C=O) groups is 1. The first kappa shape index (κ1) is 18.3. The third kappa shape index (κ3) is 3.69. The number of halogens is 2. The fraction of sp³-hybridized carbons (Fsp3) is 0.250. The second-order valence-electron chi connectivity index (χ2n) is 5.42. The van der Waals surface area contributed by atoms with Gasteiger partial charge in [-0.15, -0.1) is 11.3 Å². The molecule has 1 aliphatic rings. The minimum Gasteiger partial charge on any atom is -0.505 e. The smallest absolute Gasteiger partial charge is 0.341 e. The Morgan fingerprint density at radius 2 is 1.96 bits per heavy atom. The summed E-state index contributed by atoms with van der Waals surface area (Å²) in [5.41, 5.74) is 2.11. The van der Waals surface area contributed by atoms with Gasteiger partial charge in [0.25, 0.3) is 0 Å². The van der Waals surface area contributed by atoms with Gasteiger partial charge in [0.05, 0.1) is 22.7 Å². The van der Waals surface area contributed by atoms with Crippen LogP contribution in [-0.2, 0) is 17.6 Å². The molecular weight excluding hydrogens is 403 g/mol. The number of methoxy groups -OCH3 is 1. The zero-order chi connectivity index (χ0) is 18.1. The second-order valence-corrected chi connectivity index (χ2v) is 7.75. The van der Waals surface area contributed by atoms with E-state index in [4.69, 9.17) is 40.2 Å². The van der Waals surface area contributed by atoms with Crippen LogP contribution in [0.2, 0.25) is 10.0 Å². The molecule has 1 aromatic carbocycles. The summed E-state index contributed by atoms with van der Waals surface area (Å²) in [5, 5.41) is 16.8. The van der Waals surface area contributed by atoms with Gasteiger partial charge in [-0.05, 0) is 49.2 Å². The summed E-state index contributed by atoms with van der Waals surface area (Å²) in [5.74, 6) is -0.559. The van der Waals surface area contributed by atoms with Crippen LogP contribution >= 0.6 is 46.8 Å². The minimum atomic E-state index is -0.375. The van der Waals surface area contributed by atoms with E-state index in [2.05, 4.69) is 10.6 Å². The number of anilines is 2. The van der Waals surface area contributed by atoms with E-state index in [9.17, 15) is 9.90 Å². The Kier molecular flexibility index (Phi) is 5.38. The van der Waals surface area contributed by atoms with E-state index in [-0.39, 0.29) is 26.9 Å². The number of esters is 1. The molecule has 25 heavy (non-hydrogen) atoms. The van der Waals surface area contributed by atoms with Gasteiger partial charge in [0.2, 0.25) is 0 Å². The van der Waals surface area contributed by atoms with Crippen molar-refractivity contribution in [2.45, 2.75) is 19.3 Å². The van der Waals surface area contributed by atoms with Gasteiger partial charge in [-0.3, -0.25) is 0 Å². The number of rotatable bonds is 3. The summed E-state index contributed by atoms with van der Waals surface area (Å²) >= 11 is 18.6. The third-order valence-corrected chi connectivity index (χ3v) is 5.80. The van der Waals surface area contributed by atoms with E-state index in [0.717, 1.165) is 24.8 Å². The van der Waals surface area contributed by atoms with E-state index >= 15 is 0 Å². The topological polar surface area (TPSA) is 70.6 Å². The number of nitrogens with one attached hydrogen (secondary N) is 2. The summed E-state index contributed by atoms with van der Waals surface area (Å²) in [7, 11) is 1.36. The molecule has 0 fully saturated rings. The number of phenolic OH excluding ortho intramolecular Hbond substituents is 1. The van der Waals surface area contributed by atoms with Gasteiger partial charge in [0, 0.05) is 10.6 Å². The second kappa shape index (κ2) is 7.37. The molecule has 0 bridgehead atoms. The highest BCUT2D eigenvalue weighted by Gasteiger charge is 2.27. The van der Waals surface area contributed by atoms with E-state index in [0.29, 0.717) is 16.3 Å². The van der Waals surface area contributed by atoms with Gasteiger partial charge in [-0.2, -0.15) is 0 Å². The highest BCUT2D eigenvalue weighted by Crippen LogP contribution is 2.40. The van der Waals surface area contributed by atoms with Gasteiger partial charge < -0.3 is 20.5 Å². The van der Waals surface area contributed by atoms with Gasteiger partial charge >= 0.3 is 5.97 Å². The maximum atomic E-state index is 12.1. The highest BCUT2D eigenvalue weighted by atomic mass is 35.5. The fourth-order valence-corrected chi connectivity index (χ4v) is 4.77. The number of thiophene rings is 1. The SMILES string of the molecule is COC(=O)c1c(NC(=S)Nc2cc(Cl)c(O)c(Cl)c2)sc2c1CCC2. The summed E-state index contributed by atoms with van der Waals surface area (Å²) in [4.78, 5) is 13.3. The maximum absolute atomic E-state index is 12.1. The van der Waals surface area contributed by atoms with Crippen LogP contribution in [0.3, 0.4) is 0 Å². The molecule has 1 aliphatic carbocycles. The number of ether oxygens (including phenoxy) is 1. The van der Waals surface area contributed by atoms with Crippen molar-refractivity contribution < 1.29 is 14.6 Å². The molecule has 1 heterocycles. The Morgan fingerprint density at radius 3 is 2.60 bits per heavy atom. The molecule has 0 unspecified atom stereocenters. The molecule has 5 nitrogen and oxygen atoms in total. The fourth-order valence-electron chi connectivity index (χ4n) is 2.71. The molecule has 0 radical (unpaired) electrons. The normalized spacial score (nSPS) is 12.6. The van der Waals surface area contributed by atoms with Crippen molar-refractivity contribution in [2.24, 2.45) is 0 Å². The number of thiocarbonyl (C=S) groups is 1. The lowest BCUT2D eigenvalue weighted by Crippen LogP contribution is -2.20. The average Bonchev–Trinajstić information content (AvgIpc) is 3.12. The van der Waals surface area contributed by atoms with Gasteiger partial charge in [-0.1, -0.05) is 23.2 Å². The molecule has 3 N–H and O–H groups in total. The monoisotopic (exact) mass is 416 g/mol. The number of fused-ring (bicyclic) bond motifs is 1. The minimum absolute atomic E-state index is 0.114. The van der Waals surface area contributed by atoms with Crippen molar-refractivity contribution in [1.29, 1.82) is 0 Å². The summed E-state index contributed by atoms with van der Waals surface area (Å²) in [6.07, 6.45) is 2.86. The molecule has 2 aromatic rings. The van der Waals surface area contributed by atoms with Crippen molar-refractivity contribution in [3.05, 3.63) is 38.2 Å². The van der Waals surface area contributed by atoms with Crippen LogP contribution in [-0.4, -0.2) is 23.3 Å². The Labute approximate surface area is 163 Å². The number of aryl methyl sites for hydroxylation is 1. The van der Waals surface area contributed by atoms with Crippen molar-refractivity contribution in [2.75, 3.05) is 17.7 Å². The zero-order valence-electron chi connectivity index (χ0n) is 13.1. The van der Waals surface area contributed by atoms with E-state index in [1.165, 1.54) is 35.5 Å². The van der Waals surface area contributed by atoms with Crippen molar-refractivity contribution in [3.63, 3.8) is 0 Å². The van der Waals surface area contributed by atoms with E-state index in [1.54, 1.807) is 0 Å². The van der Waals surface area contributed by atoms with Crippen LogP contribution < -0.4 is 10.6 Å². The lowest BCUT2D eigenvalue weighted by molar-refractivity contribution is 0.0601. The van der Waals surface area contributed by atoms with Gasteiger partial charge in [0.15, 0.2) is 10.9 Å². The first-order chi connectivity index (χ1) is 11.9. The molecule has 0 atom stereocenters. The first-order valence-electron chi connectivity index (χ1n) is 7.39. The molecule has 0 saturated heterocycles. The molecular formula is C16H14Cl2N2O3S2. The number of hydrogen-bond acceptors (Lipinski definition) is 5. The van der Waals surface area contributed by atoms with E-state index in [1.807, 2.05) is 0 Å². The number of hydrogen-bond donors (Lipinski definition) is 3. The molecule has 0 spiro atoms. The largest absolute Gasteiger partial charge is 0.505 e. The Hall–Kier alpha value is -1.54. The Morgan fingerprint density at radius 1 is 1.28 bits per heavy atom. The molecule has 0 aliphatic heterocycles. The van der Waals surface area contributed by atoms with Crippen molar-refractivity contribution >= 4 is 68.5 Å². The van der Waals surface area contributed by atoms with Crippen LogP contribution in [0, 0.1) is 0 Å². The lowest BCUT2D eigenvalue weighted by atomic mass is 10.1. The van der Waals surface area contributed by atoms with Crippen molar-refractivity contribution in [1.82, 2.24) is 0 Å². The van der Waals surface area contributed by atoms with E-state index < -0.39 is 0 Å². The summed E-state index contributed by atoms with van der Waals surface area (Å²) in [6.45, 7) is 0. The quantitative estimate of drug-likeness (QED) is 0.377. The van der Waals surface area contributed by atoms with Gasteiger partial charge in [0.1, 0.15) is 5.00 Å². The average molecular weight is 417 g/mol. The highest BCUT2D eigenvalue weighted by molar-refractivity contribution is 7.80. The third-order valence-electron chi connectivity index (χ3n) is 3.81. The maximum Gasteiger partial charge on any atom is 0.341 e. The number of phenols is 1. The Bertz CT molecular complexity index is 844. The zero-order valence-corrected chi connectivity index (χ0v) is 16.3. The first-order valence-corrected chi connectivity index (χ1v) is 9.37. The predicted molar refractivity (Wildman–Crippen MR) is 106 cm³/mol. The van der Waals surface area contributed by atoms with Crippen molar-refractivity contribution in [3.8, 4) is 5.75 Å². The Balaban J connectivity index is 1.81. The lowest BCUT2D eigenvalue weighted by Gasteiger charge is -2.12. The molecule has 0 amide bonds. The number of carbonyl (C=O) groups excluding carboxylic acids is 1. The summed E-state index contributed by atoms with van der Waals surface area (Å²) < 4.78 is 4.91. The van der Waals surface area contributed by atoms with Crippen LogP contribution in [0.15, 0.2) is 12.1 Å². The standard InChI is InChI=1S/C16H14Cl2N2O3S2/c1-23-15(22)12-8-3-2-4-11(8)25-14(12)20-16(24)19-7-5-9(17)13(21)10(18)6-7/h5-6,21H,2-4H2,1H3,(H2,19,20,24). The van der Waals surface area contributed by atoms with Crippen LogP contribution in [0.25, 0.3) is 0 Å². The number of aromatic hydroxyl groups is 1. The molecule has 9 heteroatoms. The predicted octanol–water partition coefficient (Wildman–Crippen LogP) is 4.84. The summed E-state index contributed by atoms with van der Waals surface area (Å²) in [6, 6.07) is 3.01. The molecule has 132 valence electrons.